The molecule has 3 aromatic heterocycles. The van der Waals surface area contributed by atoms with Crippen molar-refractivity contribution in [2.75, 3.05) is 68.4 Å². The fraction of sp³-hybridized carbons (Fsp3) is 0.455. The number of nitrogens with one attached hydrogen (secondary N) is 1. The number of amides is 1. The van der Waals surface area contributed by atoms with Crippen LogP contribution in [0, 0.1) is 5.82 Å². The molecule has 3 aromatic rings. The summed E-state index contributed by atoms with van der Waals surface area (Å²) in [6, 6.07) is 0.852. The summed E-state index contributed by atoms with van der Waals surface area (Å²) in [5.74, 6) is -1.15. The van der Waals surface area contributed by atoms with Gasteiger partial charge >= 0.3 is 0 Å². The second-order valence-corrected chi connectivity index (χ2v) is 9.50. The van der Waals surface area contributed by atoms with Gasteiger partial charge in [0.2, 0.25) is 0 Å². The Labute approximate surface area is 205 Å². The van der Waals surface area contributed by atoms with Crippen molar-refractivity contribution in [3.8, 4) is 0 Å². The molecule has 13 heteroatoms. The van der Waals surface area contributed by atoms with Crippen molar-refractivity contribution in [2.24, 2.45) is 0 Å². The molecular weight excluding hydrogens is 477 g/mol. The van der Waals surface area contributed by atoms with Crippen molar-refractivity contribution < 1.29 is 13.9 Å². The van der Waals surface area contributed by atoms with Crippen LogP contribution >= 0.6 is 11.6 Å². The first-order chi connectivity index (χ1) is 17.0. The lowest BCUT2D eigenvalue weighted by Gasteiger charge is -2.51. The van der Waals surface area contributed by atoms with Crippen LogP contribution in [0.3, 0.4) is 0 Å². The van der Waals surface area contributed by atoms with Gasteiger partial charge in [0.15, 0.2) is 17.3 Å². The highest BCUT2D eigenvalue weighted by molar-refractivity contribution is 6.34. The molecule has 0 aliphatic carbocycles. The molecule has 0 aromatic carbocycles. The number of pyridine rings is 1. The van der Waals surface area contributed by atoms with Gasteiger partial charge in [-0.25, -0.2) is 13.9 Å². The molecule has 1 atom stereocenters. The van der Waals surface area contributed by atoms with E-state index in [-0.39, 0.29) is 17.0 Å². The highest BCUT2D eigenvalue weighted by atomic mass is 35.5. The van der Waals surface area contributed by atoms with Crippen LogP contribution in [-0.2, 0) is 4.74 Å². The molecule has 6 heterocycles. The summed E-state index contributed by atoms with van der Waals surface area (Å²) in [5, 5.41) is 7.33. The predicted molar refractivity (Wildman–Crippen MR) is 128 cm³/mol. The standard InChI is InChI=1S/C22H25ClFN9O2/c23-16-6-26-7-17(28-22(34)18-20(25)29-33-8-13(24)5-27-21(18)33)19(16)32-4-2-30-1-3-31(9-14(30)10-32)15-11-35-12-15/h5-8,14-15H,1-4,9-12H2,(H2,25,29)(H,28,34). The van der Waals surface area contributed by atoms with E-state index in [1.807, 2.05) is 0 Å². The lowest BCUT2D eigenvalue weighted by atomic mass is 10.0. The van der Waals surface area contributed by atoms with Crippen molar-refractivity contribution in [1.82, 2.24) is 29.4 Å². The fourth-order valence-corrected chi connectivity index (χ4v) is 5.40. The van der Waals surface area contributed by atoms with E-state index in [0.29, 0.717) is 28.5 Å². The normalized spacial score (nSPS) is 21.7. The summed E-state index contributed by atoms with van der Waals surface area (Å²) < 4.78 is 20.1. The van der Waals surface area contributed by atoms with Gasteiger partial charge in [-0.1, -0.05) is 11.6 Å². The maximum absolute atomic E-state index is 13.5. The Morgan fingerprint density at radius 1 is 1.11 bits per heavy atom. The number of ether oxygens (including phenoxy) is 1. The third kappa shape index (κ3) is 4.05. The molecule has 35 heavy (non-hydrogen) atoms. The van der Waals surface area contributed by atoms with E-state index in [9.17, 15) is 9.18 Å². The van der Waals surface area contributed by atoms with Gasteiger partial charge in [-0.05, 0) is 0 Å². The Hall–Kier alpha value is -3.06. The average Bonchev–Trinajstić information content (AvgIpc) is 3.12. The smallest absolute Gasteiger partial charge is 0.263 e. The van der Waals surface area contributed by atoms with Crippen LogP contribution in [0.5, 0.6) is 0 Å². The summed E-state index contributed by atoms with van der Waals surface area (Å²) in [7, 11) is 0. The molecule has 6 rings (SSSR count). The topological polar surface area (TPSA) is 117 Å². The third-order valence-corrected chi connectivity index (χ3v) is 7.27. The van der Waals surface area contributed by atoms with Gasteiger partial charge in [0.05, 0.1) is 54.2 Å². The predicted octanol–water partition coefficient (Wildman–Crippen LogP) is 0.956. The lowest BCUT2D eigenvalue weighted by molar-refractivity contribution is -0.0869. The zero-order valence-corrected chi connectivity index (χ0v) is 19.7. The summed E-state index contributed by atoms with van der Waals surface area (Å²) >= 11 is 6.61. The molecule has 0 bridgehead atoms. The molecule has 11 nitrogen and oxygen atoms in total. The van der Waals surface area contributed by atoms with Gasteiger partial charge in [0.25, 0.3) is 5.91 Å². The quantitative estimate of drug-likeness (QED) is 0.539. The number of piperazine rings is 2. The van der Waals surface area contributed by atoms with E-state index in [1.165, 1.54) is 0 Å². The zero-order chi connectivity index (χ0) is 24.1. The number of hydrogen-bond acceptors (Lipinski definition) is 9. The zero-order valence-electron chi connectivity index (χ0n) is 18.9. The molecular formula is C22H25ClFN9O2. The number of fused-ring (bicyclic) bond motifs is 2. The maximum Gasteiger partial charge on any atom is 0.263 e. The van der Waals surface area contributed by atoms with Gasteiger partial charge in [-0.2, -0.15) is 0 Å². The van der Waals surface area contributed by atoms with Crippen LogP contribution in [-0.4, -0.2) is 99.9 Å². The largest absolute Gasteiger partial charge is 0.381 e. The SMILES string of the molecule is Nc1nn2cc(F)cnc2c1C(=O)Nc1cncc(Cl)c1N1CCN2CCN(C3COC3)CC2C1. The van der Waals surface area contributed by atoms with Crippen molar-refractivity contribution in [3.05, 3.63) is 41.2 Å². The Kier molecular flexibility index (Phi) is 5.67. The van der Waals surface area contributed by atoms with Crippen LogP contribution in [0.4, 0.5) is 21.6 Å². The number of nitrogens with two attached hydrogens (primary N) is 1. The fourth-order valence-electron chi connectivity index (χ4n) is 5.12. The molecule has 0 radical (unpaired) electrons. The summed E-state index contributed by atoms with van der Waals surface area (Å²) in [5.41, 5.74) is 7.38. The second kappa shape index (κ2) is 8.86. The lowest BCUT2D eigenvalue weighted by Crippen LogP contribution is -2.65. The Bertz CT molecular complexity index is 1280. The molecule has 0 saturated carbocycles. The number of carbonyl (C=O) groups is 1. The average molecular weight is 502 g/mol. The minimum Gasteiger partial charge on any atom is -0.381 e. The Morgan fingerprint density at radius 2 is 1.91 bits per heavy atom. The van der Waals surface area contributed by atoms with Crippen molar-refractivity contribution in [3.63, 3.8) is 0 Å². The van der Waals surface area contributed by atoms with Crippen LogP contribution in [0.15, 0.2) is 24.8 Å². The third-order valence-electron chi connectivity index (χ3n) is 6.99. The molecule has 3 aliphatic heterocycles. The molecule has 1 unspecified atom stereocenters. The number of hydrogen-bond donors (Lipinski definition) is 2. The van der Waals surface area contributed by atoms with E-state index in [1.54, 1.807) is 12.4 Å². The number of rotatable bonds is 4. The first-order valence-electron chi connectivity index (χ1n) is 11.5. The van der Waals surface area contributed by atoms with Gasteiger partial charge in [0.1, 0.15) is 5.56 Å². The Morgan fingerprint density at radius 3 is 2.71 bits per heavy atom. The summed E-state index contributed by atoms with van der Waals surface area (Å²) in [6.45, 7) is 7.11. The number of anilines is 3. The second-order valence-electron chi connectivity index (χ2n) is 9.09. The monoisotopic (exact) mass is 501 g/mol. The first kappa shape index (κ1) is 22.4. The minimum absolute atomic E-state index is 0.0481. The molecule has 3 saturated heterocycles. The number of aromatic nitrogens is 4. The maximum atomic E-state index is 13.5. The first-order valence-corrected chi connectivity index (χ1v) is 11.9. The van der Waals surface area contributed by atoms with Crippen molar-refractivity contribution in [1.29, 1.82) is 0 Å². The van der Waals surface area contributed by atoms with Gasteiger partial charge in [0, 0.05) is 51.5 Å². The summed E-state index contributed by atoms with van der Waals surface area (Å²) in [4.78, 5) is 28.6. The molecule has 184 valence electrons. The van der Waals surface area contributed by atoms with E-state index >= 15 is 0 Å². The van der Waals surface area contributed by atoms with Gasteiger partial charge in [-0.3, -0.25) is 19.6 Å². The number of carbonyl (C=O) groups excluding carboxylic acids is 1. The van der Waals surface area contributed by atoms with Crippen LogP contribution in [0.1, 0.15) is 10.4 Å². The molecule has 3 N–H and O–H groups in total. The van der Waals surface area contributed by atoms with E-state index in [0.717, 1.165) is 69.4 Å². The Balaban J connectivity index is 1.25. The van der Waals surface area contributed by atoms with E-state index in [4.69, 9.17) is 22.1 Å². The van der Waals surface area contributed by atoms with Crippen molar-refractivity contribution in [2.45, 2.75) is 12.1 Å². The summed E-state index contributed by atoms with van der Waals surface area (Å²) in [6.07, 6.45) is 5.28. The molecule has 0 spiro atoms. The van der Waals surface area contributed by atoms with Gasteiger partial charge < -0.3 is 20.7 Å². The molecule has 1 amide bonds. The minimum atomic E-state index is -0.585. The number of nitrogen functional groups attached to an aromatic ring is 1. The van der Waals surface area contributed by atoms with Crippen molar-refractivity contribution >= 4 is 40.3 Å². The number of halogens is 2. The highest BCUT2D eigenvalue weighted by Gasteiger charge is 2.37. The van der Waals surface area contributed by atoms with E-state index < -0.39 is 11.7 Å². The van der Waals surface area contributed by atoms with Crippen LogP contribution in [0.25, 0.3) is 5.65 Å². The van der Waals surface area contributed by atoms with Crippen LogP contribution < -0.4 is 16.0 Å². The van der Waals surface area contributed by atoms with Gasteiger partial charge in [-0.15, -0.1) is 5.10 Å². The molecule has 3 fully saturated rings. The van der Waals surface area contributed by atoms with Crippen LogP contribution in [0.2, 0.25) is 5.02 Å². The molecule has 3 aliphatic rings. The number of nitrogens with zero attached hydrogens (tertiary/aromatic N) is 7. The van der Waals surface area contributed by atoms with E-state index in [2.05, 4.69) is 35.1 Å². The highest BCUT2D eigenvalue weighted by Crippen LogP contribution is 2.35.